The van der Waals surface area contributed by atoms with Crippen LogP contribution < -0.4 is 0 Å². The predicted molar refractivity (Wildman–Crippen MR) is 39.0 cm³/mol. The number of hydrogen-bond donors (Lipinski definition) is 0. The molecule has 10 heavy (non-hydrogen) atoms. The van der Waals surface area contributed by atoms with Gasteiger partial charge in [0.05, 0.1) is 13.1 Å². The summed E-state index contributed by atoms with van der Waals surface area (Å²) in [5.41, 5.74) is 0. The van der Waals surface area contributed by atoms with Crippen molar-refractivity contribution in [3.8, 4) is 0 Å². The summed E-state index contributed by atoms with van der Waals surface area (Å²) in [4.78, 5) is 18.8. The van der Waals surface area contributed by atoms with Gasteiger partial charge in [-0.3, -0.25) is 9.79 Å². The number of rotatable bonds is 1. The van der Waals surface area contributed by atoms with E-state index in [1.165, 1.54) is 18.3 Å². The molecule has 0 fully saturated rings. The van der Waals surface area contributed by atoms with Gasteiger partial charge in [0.1, 0.15) is 6.34 Å². The van der Waals surface area contributed by atoms with E-state index in [2.05, 4.69) is 9.83 Å². The number of nitrogens with zero attached hydrogens (tertiary/aromatic N) is 2. The van der Waals surface area contributed by atoms with Crippen LogP contribution in [0, 0.1) is 0 Å². The molecule has 0 spiro atoms. The van der Waals surface area contributed by atoms with Gasteiger partial charge in [-0.15, -0.1) is 0 Å². The normalized spacial score (nSPS) is 14.7. The maximum atomic E-state index is 10.3. The van der Waals surface area contributed by atoms with E-state index in [1.807, 2.05) is 0 Å². The number of carbonyl (C=O) groups is 1. The Morgan fingerprint density at radius 2 is 2.50 bits per heavy atom. The number of hydroxylamine groups is 2. The Bertz CT molecular complexity index is 149. The average molecular weight is 152 g/mol. The summed E-state index contributed by atoms with van der Waals surface area (Å²) in [6, 6.07) is 0. The molecule has 0 aliphatic carbocycles. The molecular formula is C5H9N2NaO2. The summed E-state index contributed by atoms with van der Waals surface area (Å²) < 4.78 is 0. The Morgan fingerprint density at radius 1 is 1.80 bits per heavy atom. The van der Waals surface area contributed by atoms with Crippen LogP contribution in [-0.2, 0) is 9.63 Å². The molecule has 0 N–H and O–H groups in total. The van der Waals surface area contributed by atoms with E-state index in [0.717, 1.165) is 0 Å². The van der Waals surface area contributed by atoms with Gasteiger partial charge >= 0.3 is 35.5 Å². The van der Waals surface area contributed by atoms with E-state index >= 15 is 0 Å². The molecular weight excluding hydrogens is 143 g/mol. The Hall–Kier alpha value is -0.0600. The van der Waals surface area contributed by atoms with Crippen LogP contribution in [0.2, 0.25) is 0 Å². The molecule has 5 heteroatoms. The molecule has 1 rings (SSSR count). The van der Waals surface area contributed by atoms with E-state index in [4.69, 9.17) is 0 Å². The Balaban J connectivity index is 0.000000810. The molecule has 0 radical (unpaired) electrons. The standard InChI is InChI=1S/C5H8N2O2.Na.H/c1-5(8)9-7-3-2-6-4-7;;/h4H,2-3H2,1H3;;. The molecule has 0 aromatic rings. The summed E-state index contributed by atoms with van der Waals surface area (Å²) in [5, 5.41) is 1.42. The zero-order valence-electron chi connectivity index (χ0n) is 5.20. The molecule has 0 aromatic heterocycles. The quantitative estimate of drug-likeness (QED) is 0.460. The van der Waals surface area contributed by atoms with Crippen molar-refractivity contribution >= 4 is 41.9 Å². The van der Waals surface area contributed by atoms with Crippen LogP contribution >= 0.6 is 0 Å². The number of aliphatic imine (C=N–C) groups is 1. The molecule has 0 saturated carbocycles. The van der Waals surface area contributed by atoms with Crippen molar-refractivity contribution in [2.24, 2.45) is 4.99 Å². The fourth-order valence-corrected chi connectivity index (χ4v) is 0.597. The molecule has 1 heterocycles. The predicted octanol–water partition coefficient (Wildman–Crippen LogP) is -0.840. The van der Waals surface area contributed by atoms with Crippen molar-refractivity contribution < 1.29 is 9.63 Å². The molecule has 1 aliphatic rings. The minimum atomic E-state index is -0.302. The summed E-state index contributed by atoms with van der Waals surface area (Å²) >= 11 is 0. The van der Waals surface area contributed by atoms with Crippen LogP contribution in [0.1, 0.15) is 6.92 Å². The second-order valence-electron chi connectivity index (χ2n) is 1.75. The zero-order chi connectivity index (χ0) is 6.69. The maximum absolute atomic E-state index is 10.3. The summed E-state index contributed by atoms with van der Waals surface area (Å²) in [6.07, 6.45) is 1.52. The van der Waals surface area contributed by atoms with Crippen molar-refractivity contribution in [3.63, 3.8) is 0 Å². The van der Waals surface area contributed by atoms with Crippen LogP contribution in [0.3, 0.4) is 0 Å². The van der Waals surface area contributed by atoms with Gasteiger partial charge in [-0.1, -0.05) is 0 Å². The fraction of sp³-hybridized carbons (Fsp3) is 0.600. The van der Waals surface area contributed by atoms with Crippen molar-refractivity contribution in [3.05, 3.63) is 0 Å². The van der Waals surface area contributed by atoms with Crippen molar-refractivity contribution in [1.29, 1.82) is 0 Å². The van der Waals surface area contributed by atoms with Crippen LogP contribution in [0.25, 0.3) is 0 Å². The van der Waals surface area contributed by atoms with Crippen molar-refractivity contribution in [2.45, 2.75) is 6.92 Å². The first-order chi connectivity index (χ1) is 4.29. The van der Waals surface area contributed by atoms with Gasteiger partial charge in [-0.2, -0.15) is 5.06 Å². The first kappa shape index (κ1) is 9.94. The van der Waals surface area contributed by atoms with Gasteiger partial charge in [0.2, 0.25) is 0 Å². The van der Waals surface area contributed by atoms with E-state index in [0.29, 0.717) is 13.1 Å². The molecule has 52 valence electrons. The van der Waals surface area contributed by atoms with Crippen LogP contribution in [0.15, 0.2) is 4.99 Å². The van der Waals surface area contributed by atoms with Gasteiger partial charge < -0.3 is 4.84 Å². The third kappa shape index (κ3) is 3.20. The second kappa shape index (κ2) is 4.71. The fourth-order valence-electron chi connectivity index (χ4n) is 0.597. The first-order valence-corrected chi connectivity index (χ1v) is 2.74. The monoisotopic (exact) mass is 152 g/mol. The van der Waals surface area contributed by atoms with Gasteiger partial charge in [0.25, 0.3) is 0 Å². The molecule has 0 bridgehead atoms. The van der Waals surface area contributed by atoms with Gasteiger partial charge in [0.15, 0.2) is 0 Å². The Labute approximate surface area is 81.5 Å². The second-order valence-corrected chi connectivity index (χ2v) is 1.75. The van der Waals surface area contributed by atoms with Crippen molar-refractivity contribution in [1.82, 2.24) is 5.06 Å². The Kier molecular flexibility index (Phi) is 4.68. The summed E-state index contributed by atoms with van der Waals surface area (Å²) in [5.74, 6) is -0.302. The van der Waals surface area contributed by atoms with E-state index in [1.54, 1.807) is 0 Å². The summed E-state index contributed by atoms with van der Waals surface area (Å²) in [7, 11) is 0. The SMILES string of the molecule is CC(=O)ON1C=NCC1.[NaH]. The van der Waals surface area contributed by atoms with E-state index in [9.17, 15) is 4.79 Å². The molecule has 1 aliphatic heterocycles. The molecule has 0 unspecified atom stereocenters. The molecule has 0 atom stereocenters. The molecule has 0 aromatic carbocycles. The minimum absolute atomic E-state index is 0. The molecule has 4 nitrogen and oxygen atoms in total. The Morgan fingerprint density at radius 3 is 2.90 bits per heavy atom. The van der Waals surface area contributed by atoms with Gasteiger partial charge in [0, 0.05) is 6.92 Å². The van der Waals surface area contributed by atoms with E-state index < -0.39 is 0 Å². The zero-order valence-corrected chi connectivity index (χ0v) is 5.20. The van der Waals surface area contributed by atoms with Gasteiger partial charge in [-0.25, -0.2) is 0 Å². The van der Waals surface area contributed by atoms with Crippen LogP contribution in [-0.4, -0.2) is 60.0 Å². The first-order valence-electron chi connectivity index (χ1n) is 2.74. The number of carbonyl (C=O) groups excluding carboxylic acids is 1. The third-order valence-electron chi connectivity index (χ3n) is 0.906. The number of hydrogen-bond acceptors (Lipinski definition) is 4. The summed E-state index contributed by atoms with van der Waals surface area (Å²) in [6.45, 7) is 2.76. The molecule has 0 amide bonds. The van der Waals surface area contributed by atoms with Gasteiger partial charge in [-0.05, 0) is 0 Å². The third-order valence-corrected chi connectivity index (χ3v) is 0.906. The van der Waals surface area contributed by atoms with Crippen LogP contribution in [0.4, 0.5) is 0 Å². The van der Waals surface area contributed by atoms with Crippen LogP contribution in [0.5, 0.6) is 0 Å². The topological polar surface area (TPSA) is 41.9 Å². The van der Waals surface area contributed by atoms with E-state index in [-0.39, 0.29) is 35.5 Å². The average Bonchev–Trinajstić information content (AvgIpc) is 2.15. The molecule has 0 saturated heterocycles. The van der Waals surface area contributed by atoms with Crippen molar-refractivity contribution in [2.75, 3.05) is 13.1 Å².